The van der Waals surface area contributed by atoms with E-state index in [4.69, 9.17) is 0 Å². The van der Waals surface area contributed by atoms with Crippen LogP contribution in [0.25, 0.3) is 11.2 Å². The third kappa shape index (κ3) is 4.49. The van der Waals surface area contributed by atoms with E-state index in [1.54, 1.807) is 6.20 Å². The fourth-order valence-corrected chi connectivity index (χ4v) is 5.04. The van der Waals surface area contributed by atoms with Gasteiger partial charge in [0, 0.05) is 26.2 Å². The van der Waals surface area contributed by atoms with E-state index in [-0.39, 0.29) is 5.41 Å². The summed E-state index contributed by atoms with van der Waals surface area (Å²) in [5.41, 5.74) is 0.705. The Morgan fingerprint density at radius 2 is 1.74 bits per heavy atom. The van der Waals surface area contributed by atoms with Crippen LogP contribution in [0.5, 0.6) is 0 Å². The average molecular weight is 481 g/mol. The van der Waals surface area contributed by atoms with Gasteiger partial charge in [-0.1, -0.05) is 0 Å². The molecule has 1 spiro atoms. The van der Waals surface area contributed by atoms with Crippen molar-refractivity contribution in [2.45, 2.75) is 44.8 Å². The highest BCUT2D eigenvalue weighted by Gasteiger charge is 2.39. The van der Waals surface area contributed by atoms with E-state index in [0.717, 1.165) is 57.9 Å². The quantitative estimate of drug-likeness (QED) is 0.515. The molecule has 0 bridgehead atoms. The summed E-state index contributed by atoms with van der Waals surface area (Å²) in [4.78, 5) is 16.7. The Hall–Kier alpha value is -3.05. The molecule has 0 radical (unpaired) electrons. The number of halogens is 5. The average Bonchev–Trinajstić information content (AvgIpc) is 3.20. The number of aromatic nitrogens is 5. The molecule has 182 valence electrons. The summed E-state index contributed by atoms with van der Waals surface area (Å²) >= 11 is 0. The highest BCUT2D eigenvalue weighted by molar-refractivity contribution is 5.71. The normalized spacial score (nSPS) is 18.9. The van der Waals surface area contributed by atoms with Crippen LogP contribution in [0.15, 0.2) is 30.7 Å². The molecule has 0 atom stereocenters. The molecule has 2 fully saturated rings. The van der Waals surface area contributed by atoms with E-state index < -0.39 is 24.8 Å². The van der Waals surface area contributed by atoms with Gasteiger partial charge in [0.1, 0.15) is 23.6 Å². The van der Waals surface area contributed by atoms with Gasteiger partial charge in [-0.15, -0.1) is 0 Å². The van der Waals surface area contributed by atoms with Gasteiger partial charge < -0.3 is 9.80 Å². The SMILES string of the molecule is FC(F)Cn1ncc2ncc(N3CCC4(CCCN(c5ccc(C(F)(F)F)nc5)C4)CC3)nc21. The largest absolute Gasteiger partial charge is 0.433 e. The first-order chi connectivity index (χ1) is 16.2. The highest BCUT2D eigenvalue weighted by Crippen LogP contribution is 2.42. The Bertz CT molecular complexity index is 1140. The molecule has 0 aliphatic carbocycles. The summed E-state index contributed by atoms with van der Waals surface area (Å²) in [6.45, 7) is 2.50. The number of anilines is 2. The van der Waals surface area contributed by atoms with Crippen LogP contribution < -0.4 is 9.80 Å². The van der Waals surface area contributed by atoms with Crippen LogP contribution >= 0.6 is 0 Å². The molecule has 0 amide bonds. The number of hydrogen-bond donors (Lipinski definition) is 0. The van der Waals surface area contributed by atoms with Crippen molar-refractivity contribution >= 4 is 22.7 Å². The van der Waals surface area contributed by atoms with E-state index in [0.29, 0.717) is 22.7 Å². The van der Waals surface area contributed by atoms with Gasteiger partial charge in [0.05, 0.1) is 24.3 Å². The first-order valence-electron chi connectivity index (χ1n) is 11.2. The Morgan fingerprint density at radius 1 is 0.941 bits per heavy atom. The molecule has 3 aromatic rings. The molecular formula is C22H24F5N7. The summed E-state index contributed by atoms with van der Waals surface area (Å²) in [6, 6.07) is 2.53. The second-order valence-corrected chi connectivity index (χ2v) is 9.07. The first-order valence-corrected chi connectivity index (χ1v) is 11.2. The lowest BCUT2D eigenvalue weighted by Gasteiger charge is -2.48. The third-order valence-corrected chi connectivity index (χ3v) is 6.86. The molecule has 2 aliphatic rings. The fourth-order valence-electron chi connectivity index (χ4n) is 5.04. The minimum atomic E-state index is -4.45. The van der Waals surface area contributed by atoms with Gasteiger partial charge in [-0.2, -0.15) is 18.3 Å². The maximum atomic E-state index is 12.8. The number of rotatable bonds is 4. The Balaban J connectivity index is 1.27. The zero-order valence-electron chi connectivity index (χ0n) is 18.3. The summed E-state index contributed by atoms with van der Waals surface area (Å²) < 4.78 is 65.4. The lowest BCUT2D eigenvalue weighted by Crippen LogP contribution is -2.50. The number of alkyl halides is 5. The maximum Gasteiger partial charge on any atom is 0.433 e. The molecule has 0 N–H and O–H groups in total. The second kappa shape index (κ2) is 8.62. The van der Waals surface area contributed by atoms with Gasteiger partial charge in [0.2, 0.25) is 0 Å². The molecule has 2 saturated heterocycles. The van der Waals surface area contributed by atoms with Crippen molar-refractivity contribution in [1.82, 2.24) is 24.7 Å². The van der Waals surface area contributed by atoms with Gasteiger partial charge in [-0.25, -0.2) is 28.4 Å². The summed E-state index contributed by atoms with van der Waals surface area (Å²) in [6.07, 6.45) is 1.22. The minimum Gasteiger partial charge on any atom is -0.370 e. The van der Waals surface area contributed by atoms with Crippen LogP contribution in [0.2, 0.25) is 0 Å². The highest BCUT2D eigenvalue weighted by atomic mass is 19.4. The van der Waals surface area contributed by atoms with Crippen molar-refractivity contribution in [3.05, 3.63) is 36.4 Å². The molecule has 7 nitrogen and oxygen atoms in total. The van der Waals surface area contributed by atoms with Crippen LogP contribution in [-0.4, -0.2) is 57.3 Å². The summed E-state index contributed by atoms with van der Waals surface area (Å²) in [7, 11) is 0. The molecule has 0 unspecified atom stereocenters. The fraction of sp³-hybridized carbons (Fsp3) is 0.545. The monoisotopic (exact) mass is 481 g/mol. The van der Waals surface area contributed by atoms with Gasteiger partial charge in [-0.3, -0.25) is 0 Å². The molecule has 5 heterocycles. The second-order valence-electron chi connectivity index (χ2n) is 9.07. The Labute approximate surface area is 192 Å². The number of hydrogen-bond acceptors (Lipinski definition) is 6. The maximum absolute atomic E-state index is 12.8. The van der Waals surface area contributed by atoms with Crippen molar-refractivity contribution in [2.24, 2.45) is 5.41 Å². The van der Waals surface area contributed by atoms with Gasteiger partial charge in [0.25, 0.3) is 6.43 Å². The molecular weight excluding hydrogens is 457 g/mol. The lowest BCUT2D eigenvalue weighted by molar-refractivity contribution is -0.141. The van der Waals surface area contributed by atoms with Crippen molar-refractivity contribution in [2.75, 3.05) is 36.0 Å². The molecule has 12 heteroatoms. The van der Waals surface area contributed by atoms with Crippen LogP contribution in [0.3, 0.4) is 0 Å². The standard InChI is InChI=1S/C22H24F5N7/c23-18(24)13-34-20-16(11-30-34)28-12-19(31-20)32-8-5-21(6-9-32)4-1-7-33(14-21)15-2-3-17(29-10-15)22(25,26)27/h2-3,10-12,18H,1,4-9,13-14H2. The zero-order valence-corrected chi connectivity index (χ0v) is 18.3. The van der Waals surface area contributed by atoms with E-state index in [9.17, 15) is 22.0 Å². The minimum absolute atomic E-state index is 0.0619. The molecule has 5 rings (SSSR count). The van der Waals surface area contributed by atoms with E-state index in [2.05, 4.69) is 29.9 Å². The molecule has 3 aromatic heterocycles. The number of pyridine rings is 1. The number of piperidine rings is 2. The van der Waals surface area contributed by atoms with Crippen LogP contribution in [-0.2, 0) is 12.7 Å². The van der Waals surface area contributed by atoms with Crippen LogP contribution in [0.1, 0.15) is 31.4 Å². The molecule has 0 aromatic carbocycles. The topological polar surface area (TPSA) is 63.0 Å². The molecule has 0 saturated carbocycles. The Morgan fingerprint density at radius 3 is 2.41 bits per heavy atom. The van der Waals surface area contributed by atoms with Crippen molar-refractivity contribution in [3.63, 3.8) is 0 Å². The lowest BCUT2D eigenvalue weighted by atomic mass is 9.72. The van der Waals surface area contributed by atoms with E-state index in [1.807, 2.05) is 0 Å². The molecule has 34 heavy (non-hydrogen) atoms. The zero-order chi connectivity index (χ0) is 23.9. The van der Waals surface area contributed by atoms with Crippen molar-refractivity contribution < 1.29 is 22.0 Å². The Kier molecular flexibility index (Phi) is 5.76. The number of fused-ring (bicyclic) bond motifs is 1. The predicted molar refractivity (Wildman–Crippen MR) is 116 cm³/mol. The summed E-state index contributed by atoms with van der Waals surface area (Å²) in [5, 5.41) is 3.97. The van der Waals surface area contributed by atoms with Gasteiger partial charge in [-0.05, 0) is 43.2 Å². The van der Waals surface area contributed by atoms with Gasteiger partial charge in [0.15, 0.2) is 5.65 Å². The third-order valence-electron chi connectivity index (χ3n) is 6.86. The van der Waals surface area contributed by atoms with Crippen LogP contribution in [0.4, 0.5) is 33.5 Å². The van der Waals surface area contributed by atoms with E-state index >= 15 is 0 Å². The first kappa shape index (κ1) is 22.7. The molecule has 2 aliphatic heterocycles. The van der Waals surface area contributed by atoms with Crippen molar-refractivity contribution in [1.29, 1.82) is 0 Å². The van der Waals surface area contributed by atoms with Crippen LogP contribution in [0, 0.1) is 5.41 Å². The summed E-state index contributed by atoms with van der Waals surface area (Å²) in [5.74, 6) is 0.637. The van der Waals surface area contributed by atoms with Crippen molar-refractivity contribution in [3.8, 4) is 0 Å². The predicted octanol–water partition coefficient (Wildman–Crippen LogP) is 4.39. The number of nitrogens with zero attached hydrogens (tertiary/aromatic N) is 7. The smallest absolute Gasteiger partial charge is 0.370 e. The van der Waals surface area contributed by atoms with Gasteiger partial charge >= 0.3 is 6.18 Å². The van der Waals surface area contributed by atoms with E-state index in [1.165, 1.54) is 23.1 Å².